The summed E-state index contributed by atoms with van der Waals surface area (Å²) in [7, 11) is 0. The molecular formula is C15H28N2O3. The molecule has 1 heterocycles. The lowest BCUT2D eigenvalue weighted by molar-refractivity contribution is -0.149. The minimum Gasteiger partial charge on any atom is -0.381 e. The largest absolute Gasteiger partial charge is 0.381 e. The first kappa shape index (κ1) is 17.0. The van der Waals surface area contributed by atoms with E-state index in [1.54, 1.807) is 11.8 Å². The van der Waals surface area contributed by atoms with Gasteiger partial charge < -0.3 is 15.0 Å². The van der Waals surface area contributed by atoms with Crippen LogP contribution in [0.2, 0.25) is 0 Å². The third-order valence-corrected chi connectivity index (χ3v) is 3.49. The van der Waals surface area contributed by atoms with Crippen LogP contribution in [0, 0.1) is 5.92 Å². The first-order valence-electron chi connectivity index (χ1n) is 7.66. The number of hydrogen-bond acceptors (Lipinski definition) is 3. The summed E-state index contributed by atoms with van der Waals surface area (Å²) in [6.07, 6.45) is 2.47. The molecule has 1 aliphatic rings. The molecule has 1 rings (SSSR count). The maximum Gasteiger partial charge on any atom is 0.245 e. The molecule has 5 nitrogen and oxygen atoms in total. The van der Waals surface area contributed by atoms with Crippen molar-refractivity contribution < 1.29 is 14.3 Å². The highest BCUT2D eigenvalue weighted by atomic mass is 16.5. The van der Waals surface area contributed by atoms with E-state index in [-0.39, 0.29) is 23.9 Å². The summed E-state index contributed by atoms with van der Waals surface area (Å²) in [4.78, 5) is 26.0. The van der Waals surface area contributed by atoms with Crippen molar-refractivity contribution in [2.75, 3.05) is 19.8 Å². The van der Waals surface area contributed by atoms with Crippen LogP contribution >= 0.6 is 0 Å². The molecule has 2 amide bonds. The van der Waals surface area contributed by atoms with Crippen molar-refractivity contribution in [3.63, 3.8) is 0 Å². The van der Waals surface area contributed by atoms with Crippen LogP contribution in [0.4, 0.5) is 0 Å². The van der Waals surface area contributed by atoms with Gasteiger partial charge in [0.15, 0.2) is 0 Å². The minimum atomic E-state index is -0.378. The van der Waals surface area contributed by atoms with Gasteiger partial charge in [-0.3, -0.25) is 9.59 Å². The smallest absolute Gasteiger partial charge is 0.245 e. The molecule has 1 saturated heterocycles. The second-order valence-electron chi connectivity index (χ2n) is 5.86. The Kier molecular flexibility index (Phi) is 6.99. The minimum absolute atomic E-state index is 0.0429. The summed E-state index contributed by atoms with van der Waals surface area (Å²) in [5.74, 6) is 0.374. The third kappa shape index (κ3) is 4.78. The van der Waals surface area contributed by atoms with Gasteiger partial charge in [-0.1, -0.05) is 20.8 Å². The Morgan fingerprint density at radius 1 is 1.30 bits per heavy atom. The fourth-order valence-corrected chi connectivity index (χ4v) is 2.40. The summed E-state index contributed by atoms with van der Waals surface area (Å²) >= 11 is 0. The van der Waals surface area contributed by atoms with E-state index < -0.39 is 0 Å². The maximum atomic E-state index is 12.4. The van der Waals surface area contributed by atoms with E-state index in [1.807, 2.05) is 0 Å². The monoisotopic (exact) mass is 284 g/mol. The lowest BCUT2D eigenvalue weighted by Crippen LogP contribution is -2.62. The number of amides is 2. The zero-order valence-corrected chi connectivity index (χ0v) is 13.1. The lowest BCUT2D eigenvalue weighted by atomic mass is 9.99. The normalized spacial score (nSPS) is 23.4. The Morgan fingerprint density at radius 3 is 2.60 bits per heavy atom. The van der Waals surface area contributed by atoms with Gasteiger partial charge >= 0.3 is 0 Å². The van der Waals surface area contributed by atoms with E-state index in [4.69, 9.17) is 4.74 Å². The third-order valence-electron chi connectivity index (χ3n) is 3.49. The number of rotatable bonds is 8. The van der Waals surface area contributed by atoms with Crippen LogP contribution in [0.3, 0.4) is 0 Å². The average Bonchev–Trinajstić information content (AvgIpc) is 2.38. The van der Waals surface area contributed by atoms with Crippen molar-refractivity contribution in [2.24, 2.45) is 5.92 Å². The van der Waals surface area contributed by atoms with Crippen molar-refractivity contribution in [1.82, 2.24) is 10.2 Å². The summed E-state index contributed by atoms with van der Waals surface area (Å²) in [6, 6.07) is -0.743. The van der Waals surface area contributed by atoms with Crippen LogP contribution in [0.25, 0.3) is 0 Å². The fourth-order valence-electron chi connectivity index (χ4n) is 2.40. The standard InChI is InChI=1S/C15H28N2O3/c1-5-8-20-9-6-7-17-12(4)14(18)16-13(15(17)19)10-11(2)3/h11-13H,5-10H2,1-4H3,(H,16,18). The SMILES string of the molecule is CCCOCCCN1C(=O)C(CC(C)C)NC(=O)C1C. The molecular weight excluding hydrogens is 256 g/mol. The molecule has 0 bridgehead atoms. The van der Waals surface area contributed by atoms with E-state index in [9.17, 15) is 9.59 Å². The Morgan fingerprint density at radius 2 is 2.00 bits per heavy atom. The highest BCUT2D eigenvalue weighted by Crippen LogP contribution is 2.15. The molecule has 20 heavy (non-hydrogen) atoms. The molecule has 1 fully saturated rings. The first-order valence-corrected chi connectivity index (χ1v) is 7.66. The van der Waals surface area contributed by atoms with Crippen molar-refractivity contribution in [3.05, 3.63) is 0 Å². The Labute approximate surface area is 122 Å². The number of nitrogens with one attached hydrogen (secondary N) is 1. The van der Waals surface area contributed by atoms with E-state index in [0.717, 1.165) is 19.4 Å². The van der Waals surface area contributed by atoms with Gasteiger partial charge in [-0.15, -0.1) is 0 Å². The van der Waals surface area contributed by atoms with Gasteiger partial charge in [-0.05, 0) is 32.1 Å². The number of hydrogen-bond donors (Lipinski definition) is 1. The molecule has 0 aromatic heterocycles. The van der Waals surface area contributed by atoms with Gasteiger partial charge in [0, 0.05) is 19.8 Å². The van der Waals surface area contributed by atoms with E-state index in [0.29, 0.717) is 25.5 Å². The zero-order chi connectivity index (χ0) is 15.1. The predicted molar refractivity (Wildman–Crippen MR) is 78.3 cm³/mol. The molecule has 0 spiro atoms. The molecule has 2 unspecified atom stereocenters. The molecule has 1 aliphatic heterocycles. The second kappa shape index (κ2) is 8.25. The summed E-state index contributed by atoms with van der Waals surface area (Å²) in [5, 5.41) is 2.83. The van der Waals surface area contributed by atoms with E-state index >= 15 is 0 Å². The van der Waals surface area contributed by atoms with Crippen LogP contribution < -0.4 is 5.32 Å². The molecule has 0 saturated carbocycles. The molecule has 116 valence electrons. The highest BCUT2D eigenvalue weighted by Gasteiger charge is 2.37. The molecule has 0 aromatic carbocycles. The average molecular weight is 284 g/mol. The van der Waals surface area contributed by atoms with Gasteiger partial charge in [0.1, 0.15) is 12.1 Å². The highest BCUT2D eigenvalue weighted by molar-refractivity contribution is 5.96. The molecule has 0 radical (unpaired) electrons. The van der Waals surface area contributed by atoms with Crippen LogP contribution in [0.15, 0.2) is 0 Å². The summed E-state index contributed by atoms with van der Waals surface area (Å²) < 4.78 is 5.42. The zero-order valence-electron chi connectivity index (χ0n) is 13.1. The molecule has 5 heteroatoms. The molecule has 2 atom stereocenters. The van der Waals surface area contributed by atoms with E-state index in [2.05, 4.69) is 26.1 Å². The first-order chi connectivity index (χ1) is 9.47. The number of nitrogens with zero attached hydrogens (tertiary/aromatic N) is 1. The van der Waals surface area contributed by atoms with Crippen molar-refractivity contribution >= 4 is 11.8 Å². The Balaban J connectivity index is 2.52. The van der Waals surface area contributed by atoms with Gasteiger partial charge in [-0.2, -0.15) is 0 Å². The predicted octanol–water partition coefficient (Wildman–Crippen LogP) is 1.56. The van der Waals surface area contributed by atoms with Crippen molar-refractivity contribution in [2.45, 2.75) is 59.0 Å². The van der Waals surface area contributed by atoms with Crippen LogP contribution in [0.5, 0.6) is 0 Å². The molecule has 0 aliphatic carbocycles. The number of ether oxygens (including phenoxy) is 1. The van der Waals surface area contributed by atoms with Gasteiger partial charge in [0.25, 0.3) is 0 Å². The topological polar surface area (TPSA) is 58.6 Å². The van der Waals surface area contributed by atoms with Crippen molar-refractivity contribution in [1.29, 1.82) is 0 Å². The van der Waals surface area contributed by atoms with Gasteiger partial charge in [0.2, 0.25) is 11.8 Å². The van der Waals surface area contributed by atoms with Crippen LogP contribution in [-0.2, 0) is 14.3 Å². The van der Waals surface area contributed by atoms with E-state index in [1.165, 1.54) is 0 Å². The van der Waals surface area contributed by atoms with Gasteiger partial charge in [0.05, 0.1) is 0 Å². The molecule has 1 N–H and O–H groups in total. The Hall–Kier alpha value is -1.10. The number of carbonyl (C=O) groups is 2. The van der Waals surface area contributed by atoms with Gasteiger partial charge in [-0.25, -0.2) is 0 Å². The lowest BCUT2D eigenvalue weighted by Gasteiger charge is -2.38. The van der Waals surface area contributed by atoms with Crippen molar-refractivity contribution in [3.8, 4) is 0 Å². The summed E-state index contributed by atoms with van der Waals surface area (Å²) in [6.45, 7) is 9.94. The maximum absolute atomic E-state index is 12.4. The van der Waals surface area contributed by atoms with Crippen LogP contribution in [-0.4, -0.2) is 48.6 Å². The molecule has 0 aromatic rings. The van der Waals surface area contributed by atoms with Crippen LogP contribution in [0.1, 0.15) is 47.0 Å². The summed E-state index contributed by atoms with van der Waals surface area (Å²) in [5.41, 5.74) is 0. The number of piperazine rings is 1. The quantitative estimate of drug-likeness (QED) is 0.688. The second-order valence-corrected chi connectivity index (χ2v) is 5.86. The fraction of sp³-hybridized carbons (Fsp3) is 0.867. The Bertz CT molecular complexity index is 331. The number of carbonyl (C=O) groups excluding carboxylic acids is 2.